The molecule has 0 radical (unpaired) electrons. The first-order valence-electron chi connectivity index (χ1n) is 11.1. The highest BCUT2D eigenvalue weighted by molar-refractivity contribution is 6.41. The molecule has 2 aliphatic heterocycles. The Bertz CT molecular complexity index is 1250. The quantitative estimate of drug-likeness (QED) is 0.461. The molecule has 1 aromatic carbocycles. The summed E-state index contributed by atoms with van der Waals surface area (Å²) in [4.78, 5) is 38.4. The van der Waals surface area contributed by atoms with Crippen molar-refractivity contribution in [2.75, 3.05) is 6.61 Å². The zero-order valence-electron chi connectivity index (χ0n) is 18.8. The maximum absolute atomic E-state index is 13.7. The van der Waals surface area contributed by atoms with Gasteiger partial charge in [0.05, 0.1) is 60.3 Å². The number of carbonyl (C=O) groups is 2. The fourth-order valence-corrected chi connectivity index (χ4v) is 4.55. The zero-order chi connectivity index (χ0) is 24.6. The van der Waals surface area contributed by atoms with Crippen molar-refractivity contribution in [1.29, 1.82) is 0 Å². The molecular formula is C24H23Cl2N5O4. The third-order valence-corrected chi connectivity index (χ3v) is 6.90. The molecule has 0 saturated carbocycles. The highest BCUT2D eigenvalue weighted by Crippen LogP contribution is 2.36. The fraction of sp³-hybridized carbons (Fsp3) is 0.333. The fourth-order valence-electron chi connectivity index (χ4n) is 4.24. The second kappa shape index (κ2) is 9.58. The van der Waals surface area contributed by atoms with Crippen LogP contribution in [0.25, 0.3) is 0 Å². The summed E-state index contributed by atoms with van der Waals surface area (Å²) in [5, 5.41) is 6.20. The summed E-state index contributed by atoms with van der Waals surface area (Å²) in [5.74, 6) is -0.910. The molecule has 9 nitrogen and oxygen atoms in total. The van der Waals surface area contributed by atoms with Gasteiger partial charge in [0.1, 0.15) is 16.4 Å². The van der Waals surface area contributed by atoms with Crippen LogP contribution >= 0.6 is 23.2 Å². The van der Waals surface area contributed by atoms with Gasteiger partial charge >= 0.3 is 0 Å². The number of fused-ring (bicyclic) bond motifs is 1. The Morgan fingerprint density at radius 1 is 1.20 bits per heavy atom. The van der Waals surface area contributed by atoms with Crippen LogP contribution in [0.5, 0.6) is 0 Å². The molecule has 2 aliphatic rings. The van der Waals surface area contributed by atoms with Crippen LogP contribution in [0, 0.1) is 0 Å². The van der Waals surface area contributed by atoms with Gasteiger partial charge in [0.15, 0.2) is 0 Å². The number of rotatable bonds is 6. The lowest BCUT2D eigenvalue weighted by Gasteiger charge is -2.29. The lowest BCUT2D eigenvalue weighted by atomic mass is 9.91. The van der Waals surface area contributed by atoms with Crippen LogP contribution in [0.4, 0.5) is 0 Å². The van der Waals surface area contributed by atoms with Gasteiger partial charge in [-0.25, -0.2) is 4.98 Å². The molecule has 0 aliphatic carbocycles. The Labute approximate surface area is 211 Å². The van der Waals surface area contributed by atoms with Crippen LogP contribution in [-0.2, 0) is 27.5 Å². The number of H-pyrrole nitrogens is 1. The average Bonchev–Trinajstić information content (AvgIpc) is 3.58. The van der Waals surface area contributed by atoms with Crippen molar-refractivity contribution >= 4 is 35.0 Å². The van der Waals surface area contributed by atoms with Crippen molar-refractivity contribution in [2.24, 2.45) is 0 Å². The molecule has 0 spiro atoms. The van der Waals surface area contributed by atoms with Gasteiger partial charge in [0, 0.05) is 6.42 Å². The highest BCUT2D eigenvalue weighted by atomic mass is 35.5. The van der Waals surface area contributed by atoms with Gasteiger partial charge in [-0.05, 0) is 18.6 Å². The molecule has 35 heavy (non-hydrogen) atoms. The minimum atomic E-state index is -1.33. The lowest BCUT2D eigenvalue weighted by molar-refractivity contribution is -0.128. The largest absolute Gasteiger partial charge is 0.370 e. The SMILES string of the molecule is C[C@H](NC(=O)[C@]1(NC(=O)c2cc(Cl)c(Cl)[nH]2)CO[C@H](c2ccccc2)C1)c1cnc2c(n1)COC2. The first kappa shape index (κ1) is 23.7. The number of carbonyl (C=O) groups excluding carboxylic acids is 2. The number of hydrogen-bond acceptors (Lipinski definition) is 6. The van der Waals surface area contributed by atoms with Gasteiger partial charge in [-0.1, -0.05) is 53.5 Å². The Morgan fingerprint density at radius 3 is 2.71 bits per heavy atom. The van der Waals surface area contributed by atoms with Gasteiger partial charge in [-0.15, -0.1) is 0 Å². The third-order valence-electron chi connectivity index (χ3n) is 6.21. The summed E-state index contributed by atoms with van der Waals surface area (Å²) in [7, 11) is 0. The Hall–Kier alpha value is -2.98. The molecule has 2 aromatic heterocycles. The second-order valence-corrected chi connectivity index (χ2v) is 9.46. The number of hydrogen-bond donors (Lipinski definition) is 3. The van der Waals surface area contributed by atoms with Crippen molar-refractivity contribution in [3.63, 3.8) is 0 Å². The molecule has 3 atom stereocenters. The molecule has 0 unspecified atom stereocenters. The van der Waals surface area contributed by atoms with Crippen LogP contribution < -0.4 is 10.6 Å². The van der Waals surface area contributed by atoms with E-state index in [-0.39, 0.29) is 40.9 Å². The van der Waals surface area contributed by atoms with Crippen molar-refractivity contribution in [2.45, 2.75) is 44.2 Å². The van der Waals surface area contributed by atoms with Crippen LogP contribution in [0.1, 0.15) is 58.6 Å². The third kappa shape index (κ3) is 4.77. The molecule has 3 N–H and O–H groups in total. The van der Waals surface area contributed by atoms with E-state index in [2.05, 4.69) is 25.6 Å². The van der Waals surface area contributed by atoms with Gasteiger partial charge in [0.25, 0.3) is 5.91 Å². The minimum absolute atomic E-state index is 0.0112. The number of amides is 2. The predicted octanol–water partition coefficient (Wildman–Crippen LogP) is 3.65. The lowest BCUT2D eigenvalue weighted by Crippen LogP contribution is -2.59. The van der Waals surface area contributed by atoms with Crippen molar-refractivity contribution in [3.8, 4) is 0 Å². The van der Waals surface area contributed by atoms with Gasteiger partial charge in [-0.2, -0.15) is 0 Å². The standard InChI is InChI=1S/C24H23Cl2N5O4/c1-13(17-9-27-18-10-34-11-19(18)29-17)28-23(33)24(31-22(32)16-7-15(25)21(26)30-16)8-20(35-12-24)14-5-3-2-4-6-14/h2-7,9,13,20,30H,8,10-12H2,1H3,(H,28,33)(H,31,32)/t13-,20-,24+/m0/s1. The Kier molecular flexibility index (Phi) is 6.50. The van der Waals surface area contributed by atoms with Crippen LogP contribution in [0.3, 0.4) is 0 Å². The van der Waals surface area contributed by atoms with E-state index in [0.717, 1.165) is 17.0 Å². The highest BCUT2D eigenvalue weighted by Gasteiger charge is 2.48. The number of aromatic amines is 1. The number of aromatic nitrogens is 3. The molecule has 5 rings (SSSR count). The van der Waals surface area contributed by atoms with E-state index in [1.165, 1.54) is 6.07 Å². The molecule has 3 aromatic rings. The van der Waals surface area contributed by atoms with E-state index in [4.69, 9.17) is 32.7 Å². The van der Waals surface area contributed by atoms with Crippen LogP contribution in [-0.4, -0.2) is 38.9 Å². The van der Waals surface area contributed by atoms with Crippen LogP contribution in [0.2, 0.25) is 10.2 Å². The predicted molar refractivity (Wildman–Crippen MR) is 128 cm³/mol. The molecule has 0 bridgehead atoms. The maximum Gasteiger partial charge on any atom is 0.268 e. The normalized spacial score (nSPS) is 22.0. The molecule has 2 amide bonds. The van der Waals surface area contributed by atoms with Crippen molar-refractivity contribution in [3.05, 3.63) is 81.1 Å². The van der Waals surface area contributed by atoms with E-state index in [1.807, 2.05) is 37.3 Å². The van der Waals surface area contributed by atoms with E-state index in [1.54, 1.807) is 6.20 Å². The van der Waals surface area contributed by atoms with Crippen molar-refractivity contribution in [1.82, 2.24) is 25.6 Å². The summed E-state index contributed by atoms with van der Waals surface area (Å²) in [5.41, 5.74) is 1.90. The maximum atomic E-state index is 13.7. The smallest absolute Gasteiger partial charge is 0.268 e. The molecular weight excluding hydrogens is 493 g/mol. The Morgan fingerprint density at radius 2 is 1.97 bits per heavy atom. The van der Waals surface area contributed by atoms with E-state index in [9.17, 15) is 9.59 Å². The van der Waals surface area contributed by atoms with Crippen LogP contribution in [0.15, 0.2) is 42.6 Å². The second-order valence-electron chi connectivity index (χ2n) is 8.67. The van der Waals surface area contributed by atoms with Gasteiger partial charge < -0.3 is 25.1 Å². The van der Waals surface area contributed by atoms with Crippen molar-refractivity contribution < 1.29 is 19.1 Å². The summed E-state index contributed by atoms with van der Waals surface area (Å²) in [6, 6.07) is 10.5. The minimum Gasteiger partial charge on any atom is -0.370 e. The molecule has 1 fully saturated rings. The first-order valence-corrected chi connectivity index (χ1v) is 11.9. The van der Waals surface area contributed by atoms with E-state index in [0.29, 0.717) is 18.9 Å². The number of halogens is 2. The summed E-state index contributed by atoms with van der Waals surface area (Å²) >= 11 is 12.0. The number of benzene rings is 1. The molecule has 1 saturated heterocycles. The van der Waals surface area contributed by atoms with Gasteiger partial charge in [-0.3, -0.25) is 14.6 Å². The number of ether oxygens (including phenoxy) is 2. The number of nitrogens with zero attached hydrogens (tertiary/aromatic N) is 2. The zero-order valence-corrected chi connectivity index (χ0v) is 20.3. The average molecular weight is 516 g/mol. The first-order chi connectivity index (χ1) is 16.8. The molecule has 4 heterocycles. The molecule has 11 heteroatoms. The number of nitrogens with one attached hydrogen (secondary N) is 3. The summed E-state index contributed by atoms with van der Waals surface area (Å²) in [6.07, 6.45) is 1.50. The monoisotopic (exact) mass is 515 g/mol. The topological polar surface area (TPSA) is 118 Å². The summed E-state index contributed by atoms with van der Waals surface area (Å²) in [6.45, 7) is 2.63. The molecule has 182 valence electrons. The van der Waals surface area contributed by atoms with Gasteiger partial charge in [0.2, 0.25) is 5.91 Å². The Balaban J connectivity index is 1.39. The van der Waals surface area contributed by atoms with E-state index < -0.39 is 17.5 Å². The summed E-state index contributed by atoms with van der Waals surface area (Å²) < 4.78 is 11.4. The van der Waals surface area contributed by atoms with E-state index >= 15 is 0 Å².